The summed E-state index contributed by atoms with van der Waals surface area (Å²) in [6.45, 7) is 11.3. The predicted molar refractivity (Wildman–Crippen MR) is 88.2 cm³/mol. The van der Waals surface area contributed by atoms with Gasteiger partial charge in [0, 0.05) is 18.7 Å². The topological polar surface area (TPSA) is 67.1 Å². The molecule has 1 aliphatic heterocycles. The molecule has 118 valence electrons. The molecule has 0 aliphatic carbocycles. The zero-order valence-corrected chi connectivity index (χ0v) is 13.8. The van der Waals surface area contributed by atoms with Gasteiger partial charge in [-0.25, -0.2) is 15.8 Å². The lowest BCUT2D eigenvalue weighted by Crippen LogP contribution is -2.39. The number of anilines is 2. The average molecular weight is 291 g/mol. The van der Waals surface area contributed by atoms with Crippen molar-refractivity contribution in [1.29, 1.82) is 0 Å². The lowest BCUT2D eigenvalue weighted by atomic mass is 9.75. The number of nitrogen functional groups attached to an aromatic ring is 1. The molecule has 0 spiro atoms. The quantitative estimate of drug-likeness (QED) is 0.659. The van der Waals surface area contributed by atoms with Gasteiger partial charge in [-0.1, -0.05) is 34.1 Å². The van der Waals surface area contributed by atoms with Gasteiger partial charge in [0.15, 0.2) is 0 Å². The Labute approximate surface area is 128 Å². The lowest BCUT2D eigenvalue weighted by molar-refractivity contribution is 0.198. The molecule has 1 fully saturated rings. The van der Waals surface area contributed by atoms with Crippen molar-refractivity contribution in [1.82, 2.24) is 9.97 Å². The highest BCUT2D eigenvalue weighted by molar-refractivity contribution is 5.58. The summed E-state index contributed by atoms with van der Waals surface area (Å²) in [4.78, 5) is 11.2. The van der Waals surface area contributed by atoms with E-state index >= 15 is 0 Å². The van der Waals surface area contributed by atoms with Crippen molar-refractivity contribution in [2.75, 3.05) is 23.4 Å². The van der Waals surface area contributed by atoms with Crippen molar-refractivity contribution in [2.45, 2.75) is 53.4 Å². The van der Waals surface area contributed by atoms with Crippen molar-refractivity contribution in [3.8, 4) is 0 Å². The SMILES string of the molecule is CCCc1c(NN)ncnc1N1CCC(C(C)(C)C)CC1. The number of aromatic nitrogens is 2. The van der Waals surface area contributed by atoms with Crippen LogP contribution in [0.3, 0.4) is 0 Å². The summed E-state index contributed by atoms with van der Waals surface area (Å²) in [5.41, 5.74) is 4.26. The van der Waals surface area contributed by atoms with Crippen molar-refractivity contribution in [2.24, 2.45) is 17.2 Å². The highest BCUT2D eigenvalue weighted by atomic mass is 15.3. The maximum absolute atomic E-state index is 5.60. The molecule has 21 heavy (non-hydrogen) atoms. The van der Waals surface area contributed by atoms with Crippen LogP contribution >= 0.6 is 0 Å². The second-order valence-electron chi connectivity index (χ2n) is 7.05. The highest BCUT2D eigenvalue weighted by Gasteiger charge is 2.30. The number of nitrogens with zero attached hydrogens (tertiary/aromatic N) is 3. The molecule has 1 aromatic heterocycles. The van der Waals surface area contributed by atoms with Crippen molar-refractivity contribution < 1.29 is 0 Å². The van der Waals surface area contributed by atoms with Gasteiger partial charge >= 0.3 is 0 Å². The highest BCUT2D eigenvalue weighted by Crippen LogP contribution is 2.36. The van der Waals surface area contributed by atoms with Crippen molar-refractivity contribution in [3.63, 3.8) is 0 Å². The van der Waals surface area contributed by atoms with Gasteiger partial charge in [0.1, 0.15) is 18.0 Å². The summed E-state index contributed by atoms with van der Waals surface area (Å²) in [6.07, 6.45) is 6.08. The van der Waals surface area contributed by atoms with E-state index in [1.165, 1.54) is 12.8 Å². The lowest BCUT2D eigenvalue weighted by Gasteiger charge is -2.39. The second-order valence-corrected chi connectivity index (χ2v) is 7.05. The van der Waals surface area contributed by atoms with E-state index < -0.39 is 0 Å². The Bertz CT molecular complexity index is 458. The summed E-state index contributed by atoms with van der Waals surface area (Å²) >= 11 is 0. The van der Waals surface area contributed by atoms with Crippen LogP contribution in [0.4, 0.5) is 11.6 Å². The van der Waals surface area contributed by atoms with Gasteiger partial charge < -0.3 is 10.3 Å². The molecular formula is C16H29N5. The van der Waals surface area contributed by atoms with E-state index in [0.29, 0.717) is 5.41 Å². The van der Waals surface area contributed by atoms with Crippen LogP contribution in [0.25, 0.3) is 0 Å². The van der Waals surface area contributed by atoms with Gasteiger partial charge in [-0.2, -0.15) is 0 Å². The van der Waals surface area contributed by atoms with Gasteiger partial charge in [0.05, 0.1) is 0 Å². The summed E-state index contributed by atoms with van der Waals surface area (Å²) in [7, 11) is 0. The summed E-state index contributed by atoms with van der Waals surface area (Å²) < 4.78 is 0. The smallest absolute Gasteiger partial charge is 0.148 e. The molecule has 0 unspecified atom stereocenters. The molecule has 1 saturated heterocycles. The zero-order chi connectivity index (χ0) is 15.5. The predicted octanol–water partition coefficient (Wildman–Crippen LogP) is 2.98. The van der Waals surface area contributed by atoms with Gasteiger partial charge in [-0.05, 0) is 30.6 Å². The molecule has 2 heterocycles. The van der Waals surface area contributed by atoms with E-state index in [0.717, 1.165) is 49.0 Å². The Morgan fingerprint density at radius 1 is 1.29 bits per heavy atom. The molecule has 5 heteroatoms. The van der Waals surface area contributed by atoms with Gasteiger partial charge in [-0.3, -0.25) is 0 Å². The second kappa shape index (κ2) is 6.60. The number of hydrazine groups is 1. The fourth-order valence-corrected chi connectivity index (χ4v) is 3.24. The van der Waals surface area contributed by atoms with Gasteiger partial charge in [0.25, 0.3) is 0 Å². The van der Waals surface area contributed by atoms with E-state index in [9.17, 15) is 0 Å². The molecule has 0 saturated carbocycles. The molecule has 1 aromatic rings. The first kappa shape index (κ1) is 16.0. The standard InChI is InChI=1S/C16H29N5/c1-5-6-13-14(20-17)18-11-19-15(13)21-9-7-12(8-10-21)16(2,3)4/h11-12H,5-10,17H2,1-4H3,(H,18,19,20). The monoisotopic (exact) mass is 291 g/mol. The first-order valence-corrected chi connectivity index (χ1v) is 8.02. The number of nitrogens with two attached hydrogens (primary N) is 1. The van der Waals surface area contributed by atoms with E-state index in [-0.39, 0.29) is 0 Å². The van der Waals surface area contributed by atoms with E-state index in [2.05, 4.69) is 48.0 Å². The Morgan fingerprint density at radius 3 is 2.48 bits per heavy atom. The van der Waals surface area contributed by atoms with Crippen LogP contribution in [-0.2, 0) is 6.42 Å². The van der Waals surface area contributed by atoms with Crippen LogP contribution in [0.1, 0.15) is 52.5 Å². The molecule has 3 N–H and O–H groups in total. The molecule has 0 aromatic carbocycles. The number of nitrogens with one attached hydrogen (secondary N) is 1. The van der Waals surface area contributed by atoms with Crippen LogP contribution in [0.2, 0.25) is 0 Å². The maximum atomic E-state index is 5.60. The van der Waals surface area contributed by atoms with E-state index in [4.69, 9.17) is 5.84 Å². The first-order chi connectivity index (χ1) is 9.97. The number of hydrogen-bond acceptors (Lipinski definition) is 5. The third kappa shape index (κ3) is 3.64. The Balaban J connectivity index is 2.16. The molecule has 0 amide bonds. The maximum Gasteiger partial charge on any atom is 0.148 e. The molecular weight excluding hydrogens is 262 g/mol. The third-order valence-corrected chi connectivity index (χ3v) is 4.58. The number of rotatable bonds is 4. The van der Waals surface area contributed by atoms with Crippen LogP contribution in [0.15, 0.2) is 6.33 Å². The molecule has 0 bridgehead atoms. The van der Waals surface area contributed by atoms with Crippen LogP contribution in [0.5, 0.6) is 0 Å². The van der Waals surface area contributed by atoms with Crippen LogP contribution in [-0.4, -0.2) is 23.1 Å². The van der Waals surface area contributed by atoms with Crippen LogP contribution in [0, 0.1) is 11.3 Å². The molecule has 0 atom stereocenters. The van der Waals surface area contributed by atoms with E-state index in [1.807, 2.05) is 0 Å². The summed E-state index contributed by atoms with van der Waals surface area (Å²) in [5.74, 6) is 8.21. The molecule has 5 nitrogen and oxygen atoms in total. The minimum atomic E-state index is 0.397. The van der Waals surface area contributed by atoms with E-state index in [1.54, 1.807) is 6.33 Å². The van der Waals surface area contributed by atoms with Crippen LogP contribution < -0.4 is 16.2 Å². The zero-order valence-electron chi connectivity index (χ0n) is 13.8. The van der Waals surface area contributed by atoms with Gasteiger partial charge in [0.2, 0.25) is 0 Å². The fourth-order valence-electron chi connectivity index (χ4n) is 3.24. The van der Waals surface area contributed by atoms with Gasteiger partial charge in [-0.15, -0.1) is 0 Å². The normalized spacial score (nSPS) is 17.1. The minimum Gasteiger partial charge on any atom is -0.356 e. The van der Waals surface area contributed by atoms with Crippen molar-refractivity contribution in [3.05, 3.63) is 11.9 Å². The third-order valence-electron chi connectivity index (χ3n) is 4.58. The fraction of sp³-hybridized carbons (Fsp3) is 0.750. The number of piperidine rings is 1. The molecule has 0 radical (unpaired) electrons. The summed E-state index contributed by atoms with van der Waals surface area (Å²) in [5, 5.41) is 0. The largest absolute Gasteiger partial charge is 0.356 e. The Morgan fingerprint density at radius 2 is 1.95 bits per heavy atom. The van der Waals surface area contributed by atoms with Crippen molar-refractivity contribution >= 4 is 11.6 Å². The molecule has 2 rings (SSSR count). The summed E-state index contributed by atoms with van der Waals surface area (Å²) in [6, 6.07) is 0. The Hall–Kier alpha value is -1.36. The minimum absolute atomic E-state index is 0.397. The average Bonchev–Trinajstić information content (AvgIpc) is 2.47. The first-order valence-electron chi connectivity index (χ1n) is 8.02. The number of hydrogen-bond donors (Lipinski definition) is 2. The molecule has 1 aliphatic rings. The Kier molecular flexibility index (Phi) is 5.04.